The van der Waals surface area contributed by atoms with Crippen molar-refractivity contribution in [3.63, 3.8) is 0 Å². The Hall–Kier alpha value is -1.68. The quantitative estimate of drug-likeness (QED) is 0.823. The number of benzene rings is 1. The van der Waals surface area contributed by atoms with Crippen molar-refractivity contribution in [2.24, 2.45) is 0 Å². The van der Waals surface area contributed by atoms with E-state index in [9.17, 15) is 4.57 Å². The van der Waals surface area contributed by atoms with Crippen LogP contribution < -0.4 is 5.32 Å². The minimum atomic E-state index is -3.33. The van der Waals surface area contributed by atoms with E-state index in [1.165, 1.54) is 14.2 Å². The molecule has 0 spiro atoms. The maximum atomic E-state index is 12.7. The molecule has 0 aliphatic rings. The third-order valence-electron chi connectivity index (χ3n) is 2.90. The normalized spacial score (nSPS) is 12.9. The Balaban J connectivity index is 2.37. The van der Waals surface area contributed by atoms with E-state index in [0.717, 1.165) is 11.3 Å². The van der Waals surface area contributed by atoms with Crippen molar-refractivity contribution < 1.29 is 13.6 Å². The van der Waals surface area contributed by atoms with E-state index in [-0.39, 0.29) is 0 Å². The summed E-state index contributed by atoms with van der Waals surface area (Å²) in [5, 5.41) is 3.18. The van der Waals surface area contributed by atoms with Crippen LogP contribution in [0.2, 0.25) is 0 Å². The molecule has 1 aromatic carbocycles. The van der Waals surface area contributed by atoms with Gasteiger partial charge in [-0.05, 0) is 18.2 Å². The van der Waals surface area contributed by atoms with Crippen molar-refractivity contribution in [2.45, 2.75) is 5.78 Å². The molecule has 0 saturated carbocycles. The lowest BCUT2D eigenvalue weighted by Gasteiger charge is -2.26. The van der Waals surface area contributed by atoms with Crippen LogP contribution in [-0.2, 0) is 13.6 Å². The molecule has 1 N–H and O–H groups in total. The van der Waals surface area contributed by atoms with Crippen molar-refractivity contribution in [3.05, 3.63) is 60.4 Å². The maximum absolute atomic E-state index is 12.7. The Morgan fingerprint density at radius 1 is 1.10 bits per heavy atom. The fraction of sp³-hybridized carbons (Fsp3) is 0.214. The predicted octanol–water partition coefficient (Wildman–Crippen LogP) is 3.68. The molecule has 1 heterocycles. The fourth-order valence-electron chi connectivity index (χ4n) is 1.86. The van der Waals surface area contributed by atoms with Crippen LogP contribution in [0.25, 0.3) is 0 Å². The summed E-state index contributed by atoms with van der Waals surface area (Å²) >= 11 is 0. The fourth-order valence-corrected chi connectivity index (χ4v) is 3.26. The molecule has 0 aliphatic heterocycles. The average molecular weight is 292 g/mol. The minimum Gasteiger partial charge on any atom is -0.368 e. The second-order valence-electron chi connectivity index (χ2n) is 4.10. The highest BCUT2D eigenvalue weighted by atomic mass is 31.2. The monoisotopic (exact) mass is 292 g/mol. The van der Waals surface area contributed by atoms with Crippen LogP contribution in [0.5, 0.6) is 0 Å². The molecular formula is C14H17N2O3P. The van der Waals surface area contributed by atoms with Crippen molar-refractivity contribution in [1.82, 2.24) is 4.98 Å². The Morgan fingerprint density at radius 2 is 1.80 bits per heavy atom. The molecule has 2 aromatic rings. The van der Waals surface area contributed by atoms with Crippen molar-refractivity contribution >= 4 is 13.3 Å². The summed E-state index contributed by atoms with van der Waals surface area (Å²) in [6, 6.07) is 13.1. The van der Waals surface area contributed by atoms with Gasteiger partial charge in [0.2, 0.25) is 0 Å². The molecule has 1 atom stereocenters. The number of hydrogen-bond donors (Lipinski definition) is 1. The van der Waals surface area contributed by atoms with Crippen molar-refractivity contribution in [2.75, 3.05) is 19.5 Å². The molecular weight excluding hydrogens is 275 g/mol. The Bertz CT molecular complexity index is 569. The lowest BCUT2D eigenvalue weighted by molar-refractivity contribution is 0.268. The van der Waals surface area contributed by atoms with Crippen LogP contribution >= 0.6 is 7.60 Å². The van der Waals surface area contributed by atoms with Gasteiger partial charge in [0.05, 0.1) is 0 Å². The first-order chi connectivity index (χ1) is 9.69. The van der Waals surface area contributed by atoms with E-state index in [2.05, 4.69) is 10.3 Å². The van der Waals surface area contributed by atoms with Gasteiger partial charge in [-0.15, -0.1) is 0 Å². The molecule has 1 unspecified atom stereocenters. The van der Waals surface area contributed by atoms with Crippen LogP contribution in [0.1, 0.15) is 11.3 Å². The van der Waals surface area contributed by atoms with Crippen LogP contribution in [0, 0.1) is 0 Å². The summed E-state index contributed by atoms with van der Waals surface area (Å²) in [5.41, 5.74) is 1.57. The number of anilines is 1. The van der Waals surface area contributed by atoms with Crippen LogP contribution in [0.15, 0.2) is 54.9 Å². The van der Waals surface area contributed by atoms with Crippen LogP contribution in [0.4, 0.5) is 5.69 Å². The van der Waals surface area contributed by atoms with E-state index in [0.29, 0.717) is 0 Å². The summed E-state index contributed by atoms with van der Waals surface area (Å²) in [6.07, 6.45) is 3.30. The predicted molar refractivity (Wildman–Crippen MR) is 78.7 cm³/mol. The molecule has 20 heavy (non-hydrogen) atoms. The van der Waals surface area contributed by atoms with Crippen molar-refractivity contribution in [3.8, 4) is 0 Å². The number of aromatic nitrogens is 1. The summed E-state index contributed by atoms with van der Waals surface area (Å²) < 4.78 is 23.0. The van der Waals surface area contributed by atoms with Gasteiger partial charge in [0.15, 0.2) is 5.78 Å². The highest BCUT2D eigenvalue weighted by Gasteiger charge is 2.35. The van der Waals surface area contributed by atoms with Crippen molar-refractivity contribution in [1.29, 1.82) is 0 Å². The van der Waals surface area contributed by atoms with Crippen LogP contribution in [0.3, 0.4) is 0 Å². The zero-order valence-electron chi connectivity index (χ0n) is 11.4. The minimum absolute atomic E-state index is 0.617. The lowest BCUT2D eigenvalue weighted by atomic mass is 10.2. The first-order valence-electron chi connectivity index (χ1n) is 6.12. The van der Waals surface area contributed by atoms with Gasteiger partial charge in [-0.1, -0.05) is 24.3 Å². The largest absolute Gasteiger partial charge is 0.368 e. The molecule has 5 nitrogen and oxygen atoms in total. The number of pyridine rings is 1. The zero-order chi connectivity index (χ0) is 14.4. The van der Waals surface area contributed by atoms with Gasteiger partial charge < -0.3 is 14.4 Å². The third kappa shape index (κ3) is 3.25. The third-order valence-corrected chi connectivity index (χ3v) is 4.98. The second-order valence-corrected chi connectivity index (χ2v) is 6.43. The van der Waals surface area contributed by atoms with E-state index in [1.54, 1.807) is 18.5 Å². The van der Waals surface area contributed by atoms with E-state index >= 15 is 0 Å². The smallest absolute Gasteiger partial charge is 0.356 e. The van der Waals surface area contributed by atoms with Gasteiger partial charge in [-0.25, -0.2) is 0 Å². The van der Waals surface area contributed by atoms with E-state index in [1.807, 2.05) is 36.4 Å². The number of nitrogens with one attached hydrogen (secondary N) is 1. The molecule has 1 aromatic heterocycles. The first kappa shape index (κ1) is 14.7. The van der Waals surface area contributed by atoms with Gasteiger partial charge in [-0.3, -0.25) is 9.55 Å². The Morgan fingerprint density at radius 3 is 2.35 bits per heavy atom. The number of rotatable bonds is 6. The Kier molecular flexibility index (Phi) is 4.90. The first-order valence-corrected chi connectivity index (χ1v) is 7.73. The average Bonchev–Trinajstić information content (AvgIpc) is 2.54. The topological polar surface area (TPSA) is 60.5 Å². The van der Waals surface area contributed by atoms with Gasteiger partial charge in [0, 0.05) is 37.9 Å². The zero-order valence-corrected chi connectivity index (χ0v) is 12.3. The molecule has 0 fully saturated rings. The standard InChI is InChI=1S/C14H17N2O3P/c1-18-20(17,19-2)14(12-7-6-10-15-11-12)16-13-8-4-3-5-9-13/h3-11,14,16H,1-2H3. The number of para-hydroxylation sites is 1. The molecule has 0 aliphatic carbocycles. The molecule has 0 saturated heterocycles. The second kappa shape index (κ2) is 6.66. The molecule has 0 bridgehead atoms. The SMILES string of the molecule is COP(=O)(OC)C(Nc1ccccc1)c1cccnc1. The lowest BCUT2D eigenvalue weighted by Crippen LogP contribution is -2.13. The number of hydrogen-bond acceptors (Lipinski definition) is 5. The van der Waals surface area contributed by atoms with Gasteiger partial charge in [0.25, 0.3) is 0 Å². The van der Waals surface area contributed by atoms with E-state index < -0.39 is 13.4 Å². The van der Waals surface area contributed by atoms with Crippen LogP contribution in [-0.4, -0.2) is 19.2 Å². The summed E-state index contributed by atoms with van der Waals surface area (Å²) in [5.74, 6) is -0.617. The molecule has 0 radical (unpaired) electrons. The number of nitrogens with zero attached hydrogens (tertiary/aromatic N) is 1. The Labute approximate surface area is 118 Å². The summed E-state index contributed by atoms with van der Waals surface area (Å²) in [4.78, 5) is 4.06. The molecule has 6 heteroatoms. The van der Waals surface area contributed by atoms with E-state index in [4.69, 9.17) is 9.05 Å². The summed E-state index contributed by atoms with van der Waals surface area (Å²) in [6.45, 7) is 0. The summed E-state index contributed by atoms with van der Waals surface area (Å²) in [7, 11) is -0.579. The highest BCUT2D eigenvalue weighted by Crippen LogP contribution is 2.59. The van der Waals surface area contributed by atoms with Gasteiger partial charge in [0.1, 0.15) is 0 Å². The van der Waals surface area contributed by atoms with Gasteiger partial charge in [-0.2, -0.15) is 0 Å². The molecule has 106 valence electrons. The molecule has 0 amide bonds. The van der Waals surface area contributed by atoms with Gasteiger partial charge >= 0.3 is 7.60 Å². The maximum Gasteiger partial charge on any atom is 0.356 e. The highest BCUT2D eigenvalue weighted by molar-refractivity contribution is 7.54. The molecule has 2 rings (SSSR count).